The van der Waals surface area contributed by atoms with Crippen LogP contribution in [0.2, 0.25) is 0 Å². The molecule has 0 radical (unpaired) electrons. The van der Waals surface area contributed by atoms with Crippen LogP contribution < -0.4 is 10.1 Å². The Kier molecular flexibility index (Phi) is 3.19. The van der Waals surface area contributed by atoms with E-state index in [0.29, 0.717) is 5.11 Å². The lowest BCUT2D eigenvalue weighted by Crippen LogP contribution is -2.32. The lowest BCUT2D eigenvalue weighted by Gasteiger charge is -2.23. The summed E-state index contributed by atoms with van der Waals surface area (Å²) in [6.07, 6.45) is 0.895. The molecule has 0 saturated heterocycles. The summed E-state index contributed by atoms with van der Waals surface area (Å²) in [4.78, 5) is 4.20. The number of nitrogens with one attached hydrogen (secondary N) is 1. The smallest absolute Gasteiger partial charge is 0.193 e. The number of thiocarbonyl (C=S) groups is 1. The van der Waals surface area contributed by atoms with E-state index in [0.717, 1.165) is 17.9 Å². The second kappa shape index (κ2) is 4.61. The standard InChI is InChI=1S/C12H14N2OS/c1-8-7-11(14-12(16)13-8)9-3-5-10(15-2)6-4-9/h3-6,11H,7H2,1-2H3,(H,14,16). The van der Waals surface area contributed by atoms with Crippen molar-refractivity contribution in [3.8, 4) is 5.75 Å². The number of rotatable bonds is 2. The number of benzene rings is 1. The predicted molar refractivity (Wildman–Crippen MR) is 69.2 cm³/mol. The third-order valence-corrected chi connectivity index (χ3v) is 2.82. The Morgan fingerprint density at radius 2 is 2.06 bits per heavy atom. The molecule has 84 valence electrons. The summed E-state index contributed by atoms with van der Waals surface area (Å²) in [5.41, 5.74) is 2.28. The Labute approximate surface area is 101 Å². The van der Waals surface area contributed by atoms with Gasteiger partial charge in [0.15, 0.2) is 5.11 Å². The van der Waals surface area contributed by atoms with E-state index in [9.17, 15) is 0 Å². The molecule has 1 aliphatic rings. The van der Waals surface area contributed by atoms with E-state index in [2.05, 4.69) is 22.4 Å². The maximum absolute atomic E-state index is 5.13. The minimum Gasteiger partial charge on any atom is -0.497 e. The van der Waals surface area contributed by atoms with Crippen molar-refractivity contribution in [1.82, 2.24) is 5.32 Å². The molecular formula is C12H14N2OS. The molecule has 0 saturated carbocycles. The normalized spacial score (nSPS) is 20.0. The number of ether oxygens (including phenoxy) is 1. The van der Waals surface area contributed by atoms with Crippen LogP contribution in [0.1, 0.15) is 24.9 Å². The highest BCUT2D eigenvalue weighted by atomic mass is 32.1. The van der Waals surface area contributed by atoms with Gasteiger partial charge < -0.3 is 10.1 Å². The molecule has 1 heterocycles. The van der Waals surface area contributed by atoms with Crippen LogP contribution in [-0.4, -0.2) is 17.9 Å². The lowest BCUT2D eigenvalue weighted by molar-refractivity contribution is 0.414. The first-order valence-electron chi connectivity index (χ1n) is 5.17. The molecule has 0 aliphatic carbocycles. The Balaban J connectivity index is 2.18. The first kappa shape index (κ1) is 11.1. The fourth-order valence-corrected chi connectivity index (χ4v) is 2.08. The van der Waals surface area contributed by atoms with Crippen LogP contribution in [0.5, 0.6) is 5.75 Å². The molecule has 2 rings (SSSR count). The van der Waals surface area contributed by atoms with Gasteiger partial charge in [-0.3, -0.25) is 0 Å². The van der Waals surface area contributed by atoms with E-state index in [1.54, 1.807) is 7.11 Å². The van der Waals surface area contributed by atoms with E-state index >= 15 is 0 Å². The molecule has 0 bridgehead atoms. The Bertz CT molecular complexity index is 425. The number of nitrogens with zero attached hydrogens (tertiary/aromatic N) is 1. The Hall–Kier alpha value is -1.42. The summed E-state index contributed by atoms with van der Waals surface area (Å²) in [5.74, 6) is 0.868. The molecule has 1 aliphatic heterocycles. The first-order valence-corrected chi connectivity index (χ1v) is 5.58. The van der Waals surface area contributed by atoms with Crippen molar-refractivity contribution in [3.05, 3.63) is 29.8 Å². The molecule has 1 atom stereocenters. The van der Waals surface area contributed by atoms with Crippen LogP contribution in [-0.2, 0) is 0 Å². The van der Waals surface area contributed by atoms with E-state index in [-0.39, 0.29) is 6.04 Å². The van der Waals surface area contributed by atoms with Crippen LogP contribution >= 0.6 is 12.2 Å². The highest BCUT2D eigenvalue weighted by Gasteiger charge is 2.18. The van der Waals surface area contributed by atoms with E-state index in [1.807, 2.05) is 19.1 Å². The second-order valence-corrected chi connectivity index (χ2v) is 4.21. The van der Waals surface area contributed by atoms with Crippen LogP contribution in [0.15, 0.2) is 29.3 Å². The van der Waals surface area contributed by atoms with Gasteiger partial charge >= 0.3 is 0 Å². The molecule has 0 amide bonds. The van der Waals surface area contributed by atoms with E-state index in [4.69, 9.17) is 17.0 Å². The zero-order chi connectivity index (χ0) is 11.5. The Morgan fingerprint density at radius 1 is 1.38 bits per heavy atom. The third-order valence-electron chi connectivity index (χ3n) is 2.61. The summed E-state index contributed by atoms with van der Waals surface area (Å²) in [6, 6.07) is 8.26. The number of hydrogen-bond donors (Lipinski definition) is 1. The summed E-state index contributed by atoms with van der Waals surface area (Å²) < 4.78 is 5.13. The van der Waals surface area contributed by atoms with Crippen LogP contribution in [0, 0.1) is 0 Å². The average Bonchev–Trinajstić information content (AvgIpc) is 2.28. The molecule has 16 heavy (non-hydrogen) atoms. The van der Waals surface area contributed by atoms with Gasteiger partial charge in [0.2, 0.25) is 0 Å². The highest BCUT2D eigenvalue weighted by Crippen LogP contribution is 2.22. The van der Waals surface area contributed by atoms with Gasteiger partial charge in [0.1, 0.15) is 5.75 Å². The van der Waals surface area contributed by atoms with Crippen molar-refractivity contribution in [2.75, 3.05) is 7.11 Å². The molecule has 1 aromatic carbocycles. The van der Waals surface area contributed by atoms with Gasteiger partial charge in [-0.2, -0.15) is 0 Å². The molecule has 0 spiro atoms. The molecule has 0 aromatic heterocycles. The molecule has 1 aromatic rings. The molecule has 1 unspecified atom stereocenters. The van der Waals surface area contributed by atoms with Crippen molar-refractivity contribution in [2.24, 2.45) is 4.99 Å². The molecule has 3 nitrogen and oxygen atoms in total. The molecule has 1 N–H and O–H groups in total. The summed E-state index contributed by atoms with van der Waals surface area (Å²) in [7, 11) is 1.67. The molecule has 4 heteroatoms. The number of methoxy groups -OCH3 is 1. The minimum atomic E-state index is 0.232. The lowest BCUT2D eigenvalue weighted by atomic mass is 10.0. The zero-order valence-corrected chi connectivity index (χ0v) is 10.2. The summed E-state index contributed by atoms with van der Waals surface area (Å²) >= 11 is 5.09. The second-order valence-electron chi connectivity index (χ2n) is 3.83. The van der Waals surface area contributed by atoms with Crippen molar-refractivity contribution < 1.29 is 4.74 Å². The quantitative estimate of drug-likeness (QED) is 0.798. The van der Waals surface area contributed by atoms with Gasteiger partial charge in [-0.05, 0) is 36.8 Å². The monoisotopic (exact) mass is 234 g/mol. The van der Waals surface area contributed by atoms with Gasteiger partial charge in [-0.15, -0.1) is 0 Å². The highest BCUT2D eigenvalue weighted by molar-refractivity contribution is 7.80. The van der Waals surface area contributed by atoms with Gasteiger partial charge in [0.25, 0.3) is 0 Å². The van der Waals surface area contributed by atoms with Crippen LogP contribution in [0.3, 0.4) is 0 Å². The van der Waals surface area contributed by atoms with Crippen LogP contribution in [0.25, 0.3) is 0 Å². The van der Waals surface area contributed by atoms with Crippen molar-refractivity contribution in [1.29, 1.82) is 0 Å². The van der Waals surface area contributed by atoms with Gasteiger partial charge in [0, 0.05) is 12.1 Å². The number of hydrogen-bond acceptors (Lipinski definition) is 2. The first-order chi connectivity index (χ1) is 7.69. The maximum atomic E-state index is 5.13. The van der Waals surface area contributed by atoms with E-state index < -0.39 is 0 Å². The zero-order valence-electron chi connectivity index (χ0n) is 9.36. The van der Waals surface area contributed by atoms with Gasteiger partial charge in [-0.1, -0.05) is 12.1 Å². The average molecular weight is 234 g/mol. The third kappa shape index (κ3) is 2.39. The van der Waals surface area contributed by atoms with Gasteiger partial charge in [-0.25, -0.2) is 4.99 Å². The topological polar surface area (TPSA) is 33.6 Å². The SMILES string of the molecule is COc1ccc(C2CC(C)=NC(=S)N2)cc1. The van der Waals surface area contributed by atoms with Crippen LogP contribution in [0.4, 0.5) is 0 Å². The fourth-order valence-electron chi connectivity index (χ4n) is 1.78. The largest absolute Gasteiger partial charge is 0.497 e. The summed E-state index contributed by atoms with van der Waals surface area (Å²) in [6.45, 7) is 2.00. The number of aliphatic imine (C=N–C) groups is 1. The fraction of sp³-hybridized carbons (Fsp3) is 0.333. The van der Waals surface area contributed by atoms with E-state index in [1.165, 1.54) is 5.56 Å². The van der Waals surface area contributed by atoms with Gasteiger partial charge in [0.05, 0.1) is 13.2 Å². The maximum Gasteiger partial charge on any atom is 0.193 e. The Morgan fingerprint density at radius 3 is 2.62 bits per heavy atom. The molecule has 0 fully saturated rings. The molecular weight excluding hydrogens is 220 g/mol. The predicted octanol–water partition coefficient (Wildman–Crippen LogP) is 2.48. The van der Waals surface area contributed by atoms with Crippen molar-refractivity contribution >= 4 is 23.0 Å². The van der Waals surface area contributed by atoms with Crippen molar-refractivity contribution in [2.45, 2.75) is 19.4 Å². The van der Waals surface area contributed by atoms with Crippen molar-refractivity contribution in [3.63, 3.8) is 0 Å². The summed E-state index contributed by atoms with van der Waals surface area (Å²) in [5, 5.41) is 3.78. The minimum absolute atomic E-state index is 0.232.